The number of anilines is 3. The summed E-state index contributed by atoms with van der Waals surface area (Å²) in [5.74, 6) is 0.996. The van der Waals surface area contributed by atoms with Crippen molar-refractivity contribution < 1.29 is 4.39 Å². The number of halogens is 1. The van der Waals surface area contributed by atoms with Crippen LogP contribution < -0.4 is 10.6 Å². The van der Waals surface area contributed by atoms with Crippen molar-refractivity contribution in [3.8, 4) is 0 Å². The Hall–Kier alpha value is -2.95. The van der Waals surface area contributed by atoms with Crippen molar-refractivity contribution >= 4 is 17.5 Å². The molecule has 1 heterocycles. The second-order valence-electron chi connectivity index (χ2n) is 7.20. The molecule has 0 fully saturated rings. The van der Waals surface area contributed by atoms with Crippen molar-refractivity contribution in [1.29, 1.82) is 0 Å². The van der Waals surface area contributed by atoms with Gasteiger partial charge in [0.1, 0.15) is 11.6 Å². The molecule has 2 N–H and O–H groups in total. The fraction of sp³-hybridized carbons (Fsp3) is 0.238. The summed E-state index contributed by atoms with van der Waals surface area (Å²) in [6, 6.07) is 16.5. The normalized spacial score (nSPS) is 11.2. The summed E-state index contributed by atoms with van der Waals surface area (Å²) < 4.78 is 13.0. The van der Waals surface area contributed by atoms with Crippen LogP contribution in [0.3, 0.4) is 0 Å². The third-order valence-corrected chi connectivity index (χ3v) is 4.05. The minimum atomic E-state index is -0.236. The molecule has 0 aliphatic heterocycles. The van der Waals surface area contributed by atoms with Gasteiger partial charge in [0.15, 0.2) is 0 Å². The molecule has 0 aliphatic rings. The zero-order chi connectivity index (χ0) is 18.6. The molecule has 5 heteroatoms. The van der Waals surface area contributed by atoms with Gasteiger partial charge in [-0.3, -0.25) is 0 Å². The molecule has 134 valence electrons. The minimum absolute atomic E-state index is 0.124. The Morgan fingerprint density at radius 2 is 1.62 bits per heavy atom. The largest absolute Gasteiger partial charge is 0.366 e. The highest BCUT2D eigenvalue weighted by Gasteiger charge is 2.12. The molecule has 4 nitrogen and oxygen atoms in total. The van der Waals surface area contributed by atoms with Crippen molar-refractivity contribution in [2.75, 3.05) is 10.6 Å². The maximum atomic E-state index is 13.0. The molecule has 0 atom stereocenters. The van der Waals surface area contributed by atoms with Gasteiger partial charge >= 0.3 is 0 Å². The van der Waals surface area contributed by atoms with Gasteiger partial charge in [-0.2, -0.15) is 4.98 Å². The number of nitrogens with one attached hydrogen (secondary N) is 2. The molecule has 0 aliphatic carbocycles. The summed E-state index contributed by atoms with van der Waals surface area (Å²) in [6.07, 6.45) is 1.70. The molecule has 0 bridgehead atoms. The van der Waals surface area contributed by atoms with Crippen LogP contribution in [-0.4, -0.2) is 9.97 Å². The van der Waals surface area contributed by atoms with Crippen molar-refractivity contribution in [3.63, 3.8) is 0 Å². The second kappa shape index (κ2) is 7.52. The molecule has 0 unspecified atom stereocenters. The molecule has 1 aromatic heterocycles. The van der Waals surface area contributed by atoms with Gasteiger partial charge in [0.2, 0.25) is 5.95 Å². The molecule has 3 aromatic rings. The summed E-state index contributed by atoms with van der Waals surface area (Å²) in [5, 5.41) is 6.44. The maximum Gasteiger partial charge on any atom is 0.229 e. The predicted octanol–water partition coefficient (Wildman–Crippen LogP) is 5.27. The first-order chi connectivity index (χ1) is 12.4. The van der Waals surface area contributed by atoms with E-state index in [2.05, 4.69) is 53.5 Å². The Morgan fingerprint density at radius 3 is 2.27 bits per heavy atom. The standard InChI is InChI=1S/C21H23FN4/c1-21(2,3)16-6-10-18(11-7-16)25-20-23-13-12-19(26-20)24-14-15-4-8-17(22)9-5-15/h4-13H,14H2,1-3H3,(H2,23,24,25,26). The van der Waals surface area contributed by atoms with Crippen LogP contribution in [0, 0.1) is 5.82 Å². The van der Waals surface area contributed by atoms with Gasteiger partial charge in [-0.1, -0.05) is 45.0 Å². The Labute approximate surface area is 153 Å². The number of rotatable bonds is 5. The summed E-state index contributed by atoms with van der Waals surface area (Å²) in [4.78, 5) is 8.73. The van der Waals surface area contributed by atoms with Crippen molar-refractivity contribution in [2.24, 2.45) is 0 Å². The van der Waals surface area contributed by atoms with Crippen LogP contribution in [0.2, 0.25) is 0 Å². The summed E-state index contributed by atoms with van der Waals surface area (Å²) in [7, 11) is 0. The smallest absolute Gasteiger partial charge is 0.229 e. The molecule has 3 rings (SSSR count). The highest BCUT2D eigenvalue weighted by Crippen LogP contribution is 2.24. The first-order valence-electron chi connectivity index (χ1n) is 8.59. The van der Waals surface area contributed by atoms with E-state index in [1.807, 2.05) is 12.1 Å². The number of hydrogen-bond donors (Lipinski definition) is 2. The third kappa shape index (κ3) is 4.79. The monoisotopic (exact) mass is 350 g/mol. The quantitative estimate of drug-likeness (QED) is 0.658. The van der Waals surface area contributed by atoms with E-state index in [9.17, 15) is 4.39 Å². The second-order valence-corrected chi connectivity index (χ2v) is 7.20. The van der Waals surface area contributed by atoms with Crippen LogP contribution in [0.25, 0.3) is 0 Å². The first-order valence-corrected chi connectivity index (χ1v) is 8.59. The van der Waals surface area contributed by atoms with E-state index in [0.717, 1.165) is 11.3 Å². The molecule has 0 spiro atoms. The lowest BCUT2D eigenvalue weighted by Crippen LogP contribution is -2.10. The lowest BCUT2D eigenvalue weighted by Gasteiger charge is -2.19. The highest BCUT2D eigenvalue weighted by atomic mass is 19.1. The van der Waals surface area contributed by atoms with Gasteiger partial charge in [-0.05, 0) is 46.9 Å². The fourth-order valence-electron chi connectivity index (χ4n) is 2.49. The average molecular weight is 350 g/mol. The van der Waals surface area contributed by atoms with E-state index in [0.29, 0.717) is 18.3 Å². The molecule has 0 amide bonds. The molecule has 26 heavy (non-hydrogen) atoms. The Morgan fingerprint density at radius 1 is 0.923 bits per heavy atom. The van der Waals surface area contributed by atoms with Crippen LogP contribution >= 0.6 is 0 Å². The number of nitrogens with zero attached hydrogens (tertiary/aromatic N) is 2. The van der Waals surface area contributed by atoms with E-state index in [-0.39, 0.29) is 11.2 Å². The summed E-state index contributed by atoms with van der Waals surface area (Å²) in [5.41, 5.74) is 3.32. The highest BCUT2D eigenvalue weighted by molar-refractivity contribution is 5.55. The Balaban J connectivity index is 1.64. The van der Waals surface area contributed by atoms with E-state index in [1.54, 1.807) is 24.4 Å². The van der Waals surface area contributed by atoms with E-state index < -0.39 is 0 Å². The maximum absolute atomic E-state index is 13.0. The Bertz CT molecular complexity index is 852. The average Bonchev–Trinajstić information content (AvgIpc) is 2.61. The number of aromatic nitrogens is 2. The SMILES string of the molecule is CC(C)(C)c1ccc(Nc2nccc(NCc3ccc(F)cc3)n2)cc1. The van der Waals surface area contributed by atoms with Crippen molar-refractivity contribution in [2.45, 2.75) is 32.7 Å². The molecular formula is C21H23FN4. The number of benzene rings is 2. The first kappa shape index (κ1) is 17.9. The molecule has 2 aromatic carbocycles. The van der Waals surface area contributed by atoms with Crippen LogP contribution in [-0.2, 0) is 12.0 Å². The third-order valence-electron chi connectivity index (χ3n) is 4.05. The Kier molecular flexibility index (Phi) is 5.16. The van der Waals surface area contributed by atoms with Crippen molar-refractivity contribution in [3.05, 3.63) is 77.7 Å². The topological polar surface area (TPSA) is 49.8 Å². The van der Waals surface area contributed by atoms with Crippen LogP contribution in [0.5, 0.6) is 0 Å². The molecular weight excluding hydrogens is 327 g/mol. The minimum Gasteiger partial charge on any atom is -0.366 e. The zero-order valence-electron chi connectivity index (χ0n) is 15.3. The lowest BCUT2D eigenvalue weighted by molar-refractivity contribution is 0.590. The van der Waals surface area contributed by atoms with Crippen molar-refractivity contribution in [1.82, 2.24) is 9.97 Å². The van der Waals surface area contributed by atoms with Gasteiger partial charge in [-0.15, -0.1) is 0 Å². The van der Waals surface area contributed by atoms with Gasteiger partial charge in [-0.25, -0.2) is 9.37 Å². The fourth-order valence-corrected chi connectivity index (χ4v) is 2.49. The van der Waals surface area contributed by atoms with Crippen LogP contribution in [0.15, 0.2) is 60.8 Å². The zero-order valence-corrected chi connectivity index (χ0v) is 15.3. The lowest BCUT2D eigenvalue weighted by atomic mass is 9.87. The molecule has 0 saturated carbocycles. The van der Waals surface area contributed by atoms with Gasteiger partial charge in [0.25, 0.3) is 0 Å². The summed E-state index contributed by atoms with van der Waals surface area (Å²) in [6.45, 7) is 7.13. The van der Waals surface area contributed by atoms with E-state index in [4.69, 9.17) is 0 Å². The van der Waals surface area contributed by atoms with Gasteiger partial charge in [0.05, 0.1) is 0 Å². The van der Waals surface area contributed by atoms with Gasteiger partial charge < -0.3 is 10.6 Å². The van der Waals surface area contributed by atoms with E-state index in [1.165, 1.54) is 17.7 Å². The molecule has 0 radical (unpaired) electrons. The van der Waals surface area contributed by atoms with E-state index >= 15 is 0 Å². The predicted molar refractivity (Wildman–Crippen MR) is 104 cm³/mol. The number of hydrogen-bond acceptors (Lipinski definition) is 4. The summed E-state index contributed by atoms with van der Waals surface area (Å²) >= 11 is 0. The van der Waals surface area contributed by atoms with Crippen LogP contribution in [0.4, 0.5) is 21.8 Å². The van der Waals surface area contributed by atoms with Crippen LogP contribution in [0.1, 0.15) is 31.9 Å². The van der Waals surface area contributed by atoms with Gasteiger partial charge in [0, 0.05) is 18.4 Å². The molecule has 0 saturated heterocycles.